The molecule has 1 aliphatic carbocycles. The van der Waals surface area contributed by atoms with Crippen LogP contribution < -0.4 is 10.6 Å². The molecule has 1 aliphatic heterocycles. The third-order valence-corrected chi connectivity index (χ3v) is 4.81. The molecule has 0 radical (unpaired) electrons. The molecular formula is C14H24N2O4. The van der Waals surface area contributed by atoms with Crippen LogP contribution >= 0.6 is 0 Å². The van der Waals surface area contributed by atoms with Gasteiger partial charge in [0.25, 0.3) is 0 Å². The Hall–Kier alpha value is -1.30. The van der Waals surface area contributed by atoms with Crippen LogP contribution in [-0.4, -0.2) is 42.9 Å². The van der Waals surface area contributed by atoms with Crippen molar-refractivity contribution in [3.8, 4) is 0 Å². The summed E-state index contributed by atoms with van der Waals surface area (Å²) < 4.78 is 5.21. The fraction of sp³-hybridized carbons (Fsp3) is 0.857. The number of carboxylic acids is 1. The molecule has 1 saturated heterocycles. The normalized spacial score (nSPS) is 36.8. The van der Waals surface area contributed by atoms with Crippen LogP contribution in [0.25, 0.3) is 0 Å². The van der Waals surface area contributed by atoms with Crippen molar-refractivity contribution in [3.05, 3.63) is 0 Å². The fourth-order valence-electron chi connectivity index (χ4n) is 3.04. The number of hydrogen-bond acceptors (Lipinski definition) is 3. The molecule has 0 bridgehead atoms. The number of carbonyl (C=O) groups excluding carboxylic acids is 1. The van der Waals surface area contributed by atoms with Crippen LogP contribution in [0.4, 0.5) is 4.79 Å². The van der Waals surface area contributed by atoms with Crippen molar-refractivity contribution in [2.24, 2.45) is 17.3 Å². The zero-order valence-corrected chi connectivity index (χ0v) is 12.1. The fourth-order valence-corrected chi connectivity index (χ4v) is 3.04. The average molecular weight is 284 g/mol. The molecule has 20 heavy (non-hydrogen) atoms. The van der Waals surface area contributed by atoms with E-state index in [2.05, 4.69) is 17.6 Å². The van der Waals surface area contributed by atoms with E-state index in [0.29, 0.717) is 18.4 Å². The Morgan fingerprint density at radius 2 is 2.15 bits per heavy atom. The first-order chi connectivity index (χ1) is 9.43. The molecule has 2 amide bonds. The van der Waals surface area contributed by atoms with Gasteiger partial charge in [-0.2, -0.15) is 0 Å². The molecule has 0 spiro atoms. The van der Waals surface area contributed by atoms with Gasteiger partial charge in [0.1, 0.15) is 5.41 Å². The second kappa shape index (κ2) is 5.99. The van der Waals surface area contributed by atoms with Crippen molar-refractivity contribution in [1.29, 1.82) is 0 Å². The Morgan fingerprint density at radius 3 is 2.75 bits per heavy atom. The van der Waals surface area contributed by atoms with E-state index in [1.54, 1.807) is 6.92 Å². The van der Waals surface area contributed by atoms with Crippen molar-refractivity contribution in [2.75, 3.05) is 19.8 Å². The number of aliphatic carboxylic acids is 1. The van der Waals surface area contributed by atoms with Crippen molar-refractivity contribution in [2.45, 2.75) is 39.2 Å². The standard InChI is InChI=1S/C14H24N2O4/c1-9-4-3-5-10(9)6-15-13(19)16-11-7-20-8-14(11,2)12(17)18/h9-11H,3-8H2,1-2H3,(H,17,18)(H2,15,16,19). The van der Waals surface area contributed by atoms with Crippen LogP contribution in [0.1, 0.15) is 33.1 Å². The molecule has 2 aliphatic rings. The molecule has 1 saturated carbocycles. The van der Waals surface area contributed by atoms with E-state index in [9.17, 15) is 14.7 Å². The quantitative estimate of drug-likeness (QED) is 0.724. The molecule has 0 aromatic carbocycles. The molecule has 6 heteroatoms. The van der Waals surface area contributed by atoms with Gasteiger partial charge in [-0.3, -0.25) is 4.79 Å². The van der Waals surface area contributed by atoms with E-state index in [-0.39, 0.29) is 19.2 Å². The topological polar surface area (TPSA) is 87.7 Å². The summed E-state index contributed by atoms with van der Waals surface area (Å²) in [5.41, 5.74) is -1.04. The number of urea groups is 1. The van der Waals surface area contributed by atoms with Gasteiger partial charge < -0.3 is 20.5 Å². The molecule has 0 aromatic heterocycles. The Balaban J connectivity index is 1.81. The van der Waals surface area contributed by atoms with E-state index in [1.165, 1.54) is 12.8 Å². The van der Waals surface area contributed by atoms with Gasteiger partial charge in [-0.05, 0) is 25.2 Å². The summed E-state index contributed by atoms with van der Waals surface area (Å²) in [6.45, 7) is 4.85. The molecule has 114 valence electrons. The second-order valence-electron chi connectivity index (χ2n) is 6.31. The maximum atomic E-state index is 11.9. The van der Waals surface area contributed by atoms with E-state index < -0.39 is 17.4 Å². The Kier molecular flexibility index (Phi) is 4.52. The summed E-state index contributed by atoms with van der Waals surface area (Å²) in [6, 6.07) is -0.784. The lowest BCUT2D eigenvalue weighted by Gasteiger charge is -2.26. The highest BCUT2D eigenvalue weighted by molar-refractivity contribution is 5.79. The minimum atomic E-state index is -1.04. The summed E-state index contributed by atoms with van der Waals surface area (Å²) in [7, 11) is 0. The van der Waals surface area contributed by atoms with Gasteiger partial charge in [0, 0.05) is 6.54 Å². The lowest BCUT2D eigenvalue weighted by atomic mass is 9.85. The molecule has 0 aromatic rings. The van der Waals surface area contributed by atoms with Crippen LogP contribution in [0.15, 0.2) is 0 Å². The van der Waals surface area contributed by atoms with Gasteiger partial charge >= 0.3 is 12.0 Å². The SMILES string of the molecule is CC1CCCC1CNC(=O)NC1COCC1(C)C(=O)O. The highest BCUT2D eigenvalue weighted by Crippen LogP contribution is 2.30. The number of carboxylic acid groups (broad SMARTS) is 1. The summed E-state index contributed by atoms with van der Waals surface area (Å²) >= 11 is 0. The summed E-state index contributed by atoms with van der Waals surface area (Å²) in [6.07, 6.45) is 3.60. The lowest BCUT2D eigenvalue weighted by molar-refractivity contribution is -0.148. The third kappa shape index (κ3) is 3.06. The van der Waals surface area contributed by atoms with Crippen LogP contribution in [0.3, 0.4) is 0 Å². The van der Waals surface area contributed by atoms with Crippen molar-refractivity contribution in [3.63, 3.8) is 0 Å². The smallest absolute Gasteiger partial charge is 0.315 e. The molecule has 4 atom stereocenters. The van der Waals surface area contributed by atoms with Crippen LogP contribution in [-0.2, 0) is 9.53 Å². The number of carbonyl (C=O) groups is 2. The number of amides is 2. The molecule has 3 N–H and O–H groups in total. The van der Waals surface area contributed by atoms with Gasteiger partial charge in [-0.1, -0.05) is 19.8 Å². The predicted molar refractivity (Wildman–Crippen MR) is 73.4 cm³/mol. The maximum Gasteiger partial charge on any atom is 0.315 e. The number of ether oxygens (including phenoxy) is 1. The largest absolute Gasteiger partial charge is 0.481 e. The van der Waals surface area contributed by atoms with Gasteiger partial charge in [0.05, 0.1) is 19.3 Å². The number of rotatable bonds is 4. The maximum absolute atomic E-state index is 11.9. The lowest BCUT2D eigenvalue weighted by Crippen LogP contribution is -2.53. The van der Waals surface area contributed by atoms with Crippen LogP contribution in [0, 0.1) is 17.3 Å². The Morgan fingerprint density at radius 1 is 1.40 bits per heavy atom. The summed E-state index contributed by atoms with van der Waals surface area (Å²) in [5.74, 6) is 0.241. The van der Waals surface area contributed by atoms with E-state index in [0.717, 1.165) is 6.42 Å². The van der Waals surface area contributed by atoms with Gasteiger partial charge in [0.2, 0.25) is 0 Å². The zero-order valence-electron chi connectivity index (χ0n) is 12.1. The summed E-state index contributed by atoms with van der Waals surface area (Å²) in [4.78, 5) is 23.2. The molecule has 2 fully saturated rings. The van der Waals surface area contributed by atoms with E-state index in [1.807, 2.05) is 0 Å². The molecule has 2 rings (SSSR count). The first-order valence-electron chi connectivity index (χ1n) is 7.29. The van der Waals surface area contributed by atoms with Gasteiger partial charge in [-0.25, -0.2) is 4.79 Å². The minimum absolute atomic E-state index is 0.132. The van der Waals surface area contributed by atoms with Crippen LogP contribution in [0.5, 0.6) is 0 Å². The highest BCUT2D eigenvalue weighted by Gasteiger charge is 2.47. The monoisotopic (exact) mass is 284 g/mol. The molecule has 1 heterocycles. The van der Waals surface area contributed by atoms with Gasteiger partial charge in [-0.15, -0.1) is 0 Å². The number of nitrogens with one attached hydrogen (secondary N) is 2. The van der Waals surface area contributed by atoms with Crippen molar-refractivity contribution < 1.29 is 19.4 Å². The second-order valence-corrected chi connectivity index (χ2v) is 6.31. The summed E-state index contributed by atoms with van der Waals surface area (Å²) in [5, 5.41) is 14.8. The van der Waals surface area contributed by atoms with Crippen molar-refractivity contribution in [1.82, 2.24) is 10.6 Å². The highest BCUT2D eigenvalue weighted by atomic mass is 16.5. The number of hydrogen-bond donors (Lipinski definition) is 3. The third-order valence-electron chi connectivity index (χ3n) is 4.81. The first kappa shape index (κ1) is 15.1. The van der Waals surface area contributed by atoms with E-state index >= 15 is 0 Å². The average Bonchev–Trinajstić information content (AvgIpc) is 2.95. The Bertz CT molecular complexity index is 387. The van der Waals surface area contributed by atoms with Gasteiger partial charge in [0.15, 0.2) is 0 Å². The molecular weight excluding hydrogens is 260 g/mol. The predicted octanol–water partition coefficient (Wildman–Crippen LogP) is 1.21. The minimum Gasteiger partial charge on any atom is -0.481 e. The molecule has 4 unspecified atom stereocenters. The first-order valence-corrected chi connectivity index (χ1v) is 7.29. The zero-order chi connectivity index (χ0) is 14.8. The van der Waals surface area contributed by atoms with Crippen molar-refractivity contribution >= 4 is 12.0 Å². The molecule has 6 nitrogen and oxygen atoms in total. The van der Waals surface area contributed by atoms with E-state index in [4.69, 9.17) is 4.74 Å². The Labute approximate surface area is 119 Å². The van der Waals surface area contributed by atoms with Crippen LogP contribution in [0.2, 0.25) is 0 Å².